The van der Waals surface area contributed by atoms with Gasteiger partial charge in [0.25, 0.3) is 0 Å². The molecule has 2 saturated heterocycles. The second kappa shape index (κ2) is 6.63. The molecule has 2 fully saturated rings. The third kappa shape index (κ3) is 3.58. The van der Waals surface area contributed by atoms with Crippen molar-refractivity contribution in [3.05, 3.63) is 29.1 Å². The number of thiol groups is 1. The summed E-state index contributed by atoms with van der Waals surface area (Å²) in [5, 5.41) is 0.116. The van der Waals surface area contributed by atoms with Crippen LogP contribution in [0.4, 0.5) is 4.39 Å². The highest BCUT2D eigenvalue weighted by molar-refractivity contribution is 7.80. The molecule has 21 heavy (non-hydrogen) atoms. The smallest absolute Gasteiger partial charge is 0.114 e. The van der Waals surface area contributed by atoms with Crippen LogP contribution in [0.3, 0.4) is 0 Å². The van der Waals surface area contributed by atoms with E-state index in [9.17, 15) is 4.39 Å². The molecule has 116 valence electrons. The predicted molar refractivity (Wildman–Crippen MR) is 84.6 cm³/mol. The molecule has 0 radical (unpaired) electrons. The lowest BCUT2D eigenvalue weighted by Crippen LogP contribution is -2.23. The molecule has 2 aliphatic rings. The van der Waals surface area contributed by atoms with Crippen molar-refractivity contribution >= 4 is 12.6 Å². The number of likely N-dealkylation sites (tertiary alicyclic amines) is 1. The fourth-order valence-corrected chi connectivity index (χ4v) is 3.32. The molecular weight excluding hydrogens is 287 g/mol. The molecule has 2 aliphatic heterocycles. The van der Waals surface area contributed by atoms with Crippen molar-refractivity contribution in [2.45, 2.75) is 43.6 Å². The van der Waals surface area contributed by atoms with Gasteiger partial charge in [-0.2, -0.15) is 12.6 Å². The van der Waals surface area contributed by atoms with E-state index in [1.165, 1.54) is 5.56 Å². The lowest BCUT2D eigenvalue weighted by Gasteiger charge is -2.20. The summed E-state index contributed by atoms with van der Waals surface area (Å²) >= 11 is 4.48. The van der Waals surface area contributed by atoms with Crippen molar-refractivity contribution in [2.24, 2.45) is 0 Å². The number of nitrogens with zero attached hydrogens (tertiary/aromatic N) is 2. The summed E-state index contributed by atoms with van der Waals surface area (Å²) in [7, 11) is 0. The summed E-state index contributed by atoms with van der Waals surface area (Å²) in [4.78, 5) is 6.98. The molecule has 3 nitrogen and oxygen atoms in total. The Kier molecular flexibility index (Phi) is 4.82. The van der Waals surface area contributed by atoms with Gasteiger partial charge in [-0.05, 0) is 31.4 Å². The Labute approximate surface area is 131 Å². The largest absolute Gasteiger partial charge is 0.381 e. The van der Waals surface area contributed by atoms with Gasteiger partial charge in [0.15, 0.2) is 0 Å². The maximum atomic E-state index is 13.4. The third-order valence-corrected chi connectivity index (χ3v) is 4.68. The normalized spacial score (nSPS) is 28.1. The highest BCUT2D eigenvalue weighted by Crippen LogP contribution is 2.30. The minimum absolute atomic E-state index is 0.116. The van der Waals surface area contributed by atoms with E-state index in [0.29, 0.717) is 18.9 Å². The average Bonchev–Trinajstić information content (AvgIpc) is 3.10. The van der Waals surface area contributed by atoms with Crippen molar-refractivity contribution < 1.29 is 9.13 Å². The van der Waals surface area contributed by atoms with Crippen LogP contribution >= 0.6 is 12.6 Å². The summed E-state index contributed by atoms with van der Waals surface area (Å²) in [5.74, 6) is 0.431. The molecule has 1 aromatic rings. The second-order valence-electron chi connectivity index (χ2n) is 6.13. The zero-order chi connectivity index (χ0) is 14.8. The van der Waals surface area contributed by atoms with Gasteiger partial charge in [0.1, 0.15) is 6.17 Å². The van der Waals surface area contributed by atoms with Crippen LogP contribution in [-0.2, 0) is 11.3 Å². The zero-order valence-corrected chi connectivity index (χ0v) is 13.4. The van der Waals surface area contributed by atoms with Gasteiger partial charge in [-0.1, -0.05) is 6.07 Å². The molecule has 0 N–H and O–H groups in total. The number of hydrogen-bond donors (Lipinski definition) is 1. The quantitative estimate of drug-likeness (QED) is 0.865. The number of pyridine rings is 1. The number of alkyl halides is 1. The number of hydrogen-bond acceptors (Lipinski definition) is 4. The molecule has 5 heteroatoms. The van der Waals surface area contributed by atoms with Gasteiger partial charge in [0, 0.05) is 37.4 Å². The van der Waals surface area contributed by atoms with E-state index in [4.69, 9.17) is 9.72 Å². The summed E-state index contributed by atoms with van der Waals surface area (Å²) in [6.07, 6.45) is 1.01. The minimum atomic E-state index is -0.685. The predicted octanol–water partition coefficient (Wildman–Crippen LogP) is 3.12. The summed E-state index contributed by atoms with van der Waals surface area (Å²) in [5.41, 5.74) is 3.34. The number of aromatic nitrogens is 1. The maximum Gasteiger partial charge on any atom is 0.114 e. The highest BCUT2D eigenvalue weighted by atomic mass is 32.1. The molecule has 1 aromatic heterocycles. The second-order valence-corrected chi connectivity index (χ2v) is 6.90. The van der Waals surface area contributed by atoms with Crippen molar-refractivity contribution in [1.82, 2.24) is 9.88 Å². The fourth-order valence-electron chi connectivity index (χ4n) is 3.18. The first-order chi connectivity index (χ1) is 10.1. The molecule has 0 aliphatic carbocycles. The van der Waals surface area contributed by atoms with Gasteiger partial charge < -0.3 is 4.74 Å². The van der Waals surface area contributed by atoms with Gasteiger partial charge in [0.05, 0.1) is 18.0 Å². The van der Waals surface area contributed by atoms with Crippen molar-refractivity contribution in [3.8, 4) is 0 Å². The first-order valence-corrected chi connectivity index (χ1v) is 8.27. The fraction of sp³-hybridized carbons (Fsp3) is 0.688. The maximum absolute atomic E-state index is 13.4. The van der Waals surface area contributed by atoms with Crippen LogP contribution in [0, 0.1) is 0 Å². The van der Waals surface area contributed by atoms with Crippen LogP contribution in [-0.4, -0.2) is 42.4 Å². The first kappa shape index (κ1) is 15.3. The van der Waals surface area contributed by atoms with Gasteiger partial charge in [0.2, 0.25) is 0 Å². The van der Waals surface area contributed by atoms with Crippen LogP contribution in [0.2, 0.25) is 0 Å². The number of rotatable bonds is 4. The number of halogens is 1. The van der Waals surface area contributed by atoms with Gasteiger partial charge in [-0.25, -0.2) is 4.39 Å². The van der Waals surface area contributed by atoms with Crippen LogP contribution in [0.5, 0.6) is 0 Å². The molecule has 0 saturated carbocycles. The van der Waals surface area contributed by atoms with E-state index in [0.717, 1.165) is 44.1 Å². The van der Waals surface area contributed by atoms with E-state index >= 15 is 0 Å². The van der Waals surface area contributed by atoms with Crippen LogP contribution in [0.1, 0.15) is 47.9 Å². The molecule has 0 bridgehead atoms. The van der Waals surface area contributed by atoms with Gasteiger partial charge in [-0.3, -0.25) is 9.88 Å². The molecular formula is C16H23FN2OS. The molecule has 3 heterocycles. The van der Waals surface area contributed by atoms with Crippen molar-refractivity contribution in [2.75, 3.05) is 26.3 Å². The third-order valence-electron chi connectivity index (χ3n) is 4.42. The Morgan fingerprint density at radius 3 is 2.95 bits per heavy atom. The number of ether oxygens (including phenoxy) is 1. The molecule has 3 atom stereocenters. The Hall–Kier alpha value is -0.650. The van der Waals surface area contributed by atoms with E-state index in [-0.39, 0.29) is 5.25 Å². The summed E-state index contributed by atoms with van der Waals surface area (Å²) in [6, 6.07) is 4.24. The molecule has 1 unspecified atom stereocenters. The standard InChI is InChI=1S/C16H23FN2OS/c1-11(21)15-3-2-14(12-5-7-20-10-12)16(18-15)9-19-6-4-13(17)8-19/h2-3,11-13,21H,4-10H2,1H3/t11?,12-,13-/m1/s1. The van der Waals surface area contributed by atoms with Gasteiger partial charge >= 0.3 is 0 Å². The SMILES string of the molecule is CC(S)c1ccc([C@@H]2CCOC2)c(CN2CC[C@@H](F)C2)n1. The van der Waals surface area contributed by atoms with Crippen LogP contribution in [0.15, 0.2) is 12.1 Å². The molecule has 0 amide bonds. The average molecular weight is 310 g/mol. The lowest BCUT2D eigenvalue weighted by atomic mass is 9.96. The van der Waals surface area contributed by atoms with Gasteiger partial charge in [-0.15, -0.1) is 0 Å². The molecule has 0 spiro atoms. The van der Waals surface area contributed by atoms with E-state index < -0.39 is 6.17 Å². The Morgan fingerprint density at radius 1 is 1.48 bits per heavy atom. The van der Waals surface area contributed by atoms with E-state index in [1.54, 1.807) is 0 Å². The van der Waals surface area contributed by atoms with E-state index in [2.05, 4.69) is 29.7 Å². The van der Waals surface area contributed by atoms with Crippen molar-refractivity contribution in [1.29, 1.82) is 0 Å². The molecule has 0 aromatic carbocycles. The van der Waals surface area contributed by atoms with Crippen LogP contribution < -0.4 is 0 Å². The summed E-state index contributed by atoms with van der Waals surface area (Å²) in [6.45, 7) is 5.72. The zero-order valence-electron chi connectivity index (χ0n) is 12.5. The lowest BCUT2D eigenvalue weighted by molar-refractivity contribution is 0.193. The summed E-state index contributed by atoms with van der Waals surface area (Å²) < 4.78 is 18.9. The minimum Gasteiger partial charge on any atom is -0.381 e. The van der Waals surface area contributed by atoms with Crippen LogP contribution in [0.25, 0.3) is 0 Å². The highest BCUT2D eigenvalue weighted by Gasteiger charge is 2.26. The Balaban J connectivity index is 1.84. The van der Waals surface area contributed by atoms with Crippen molar-refractivity contribution in [3.63, 3.8) is 0 Å². The van der Waals surface area contributed by atoms with E-state index in [1.807, 2.05) is 6.92 Å². The Bertz CT molecular complexity index is 491. The topological polar surface area (TPSA) is 25.4 Å². The first-order valence-electron chi connectivity index (χ1n) is 7.75. The Morgan fingerprint density at radius 2 is 2.33 bits per heavy atom. The molecule has 3 rings (SSSR count). The monoisotopic (exact) mass is 310 g/mol.